The molecule has 0 aliphatic heterocycles. The van der Waals surface area contributed by atoms with Crippen LogP contribution in [0, 0.1) is 0 Å². The number of methoxy groups -OCH3 is 1. The topological polar surface area (TPSA) is 58.6 Å². The van der Waals surface area contributed by atoms with Crippen molar-refractivity contribution in [3.05, 3.63) is 70.7 Å². The highest BCUT2D eigenvalue weighted by atomic mass is 35.5. The fourth-order valence-corrected chi connectivity index (χ4v) is 3.23. The summed E-state index contributed by atoms with van der Waals surface area (Å²) in [7, 11) is 1.63. The molecule has 2 rings (SSSR count). The second-order valence-electron chi connectivity index (χ2n) is 6.85. The molecule has 1 atom stereocenters. The zero-order valence-electron chi connectivity index (χ0n) is 17.1. The molecule has 0 aromatic heterocycles. The molecule has 2 aromatic carbocycles. The molecule has 0 unspecified atom stereocenters. The highest BCUT2D eigenvalue weighted by molar-refractivity contribution is 6.30. The molecule has 0 aliphatic rings. The monoisotopic (exact) mass is 416 g/mol. The Morgan fingerprint density at radius 2 is 1.79 bits per heavy atom. The number of carbonyl (C=O) groups excluding carboxylic acids is 2. The number of hydrogen-bond acceptors (Lipinski definition) is 3. The van der Waals surface area contributed by atoms with Gasteiger partial charge in [-0.1, -0.05) is 61.0 Å². The van der Waals surface area contributed by atoms with Crippen molar-refractivity contribution < 1.29 is 14.3 Å². The first-order chi connectivity index (χ1) is 14.1. The molecule has 156 valence electrons. The molecule has 2 amide bonds. The maximum Gasteiger partial charge on any atom is 0.247 e. The Hall–Kier alpha value is -2.37. The van der Waals surface area contributed by atoms with Crippen LogP contribution in [0.5, 0.6) is 0 Å². The number of amides is 2. The van der Waals surface area contributed by atoms with Crippen molar-refractivity contribution in [3.63, 3.8) is 0 Å². The van der Waals surface area contributed by atoms with E-state index in [1.165, 1.54) is 0 Å². The van der Waals surface area contributed by atoms with E-state index in [1.54, 1.807) is 24.1 Å². The number of nitrogens with zero attached hydrogens (tertiary/aromatic N) is 1. The number of benzene rings is 2. The van der Waals surface area contributed by atoms with Crippen molar-refractivity contribution >= 4 is 23.4 Å². The first-order valence-electron chi connectivity index (χ1n) is 9.92. The summed E-state index contributed by atoms with van der Waals surface area (Å²) in [4.78, 5) is 27.8. The number of halogens is 1. The third kappa shape index (κ3) is 7.18. The third-order valence-corrected chi connectivity index (χ3v) is 4.80. The molecule has 0 saturated heterocycles. The van der Waals surface area contributed by atoms with E-state index in [-0.39, 0.29) is 11.8 Å². The Morgan fingerprint density at radius 3 is 2.41 bits per heavy atom. The normalized spacial score (nSPS) is 11.7. The lowest BCUT2D eigenvalue weighted by molar-refractivity contribution is -0.141. The number of hydrogen-bond donors (Lipinski definition) is 1. The highest BCUT2D eigenvalue weighted by Gasteiger charge is 2.30. The number of rotatable bonds is 11. The number of nitrogens with one attached hydrogen (secondary N) is 1. The Bertz CT molecular complexity index is 765. The fourth-order valence-electron chi connectivity index (χ4n) is 3.10. The van der Waals surface area contributed by atoms with E-state index in [1.807, 2.05) is 49.4 Å². The molecule has 0 aliphatic carbocycles. The quantitative estimate of drug-likeness (QED) is 0.553. The molecule has 0 saturated carbocycles. The molecule has 2 aromatic rings. The summed E-state index contributed by atoms with van der Waals surface area (Å²) in [6.45, 7) is 3.36. The van der Waals surface area contributed by atoms with E-state index in [4.69, 9.17) is 16.3 Å². The van der Waals surface area contributed by atoms with E-state index >= 15 is 0 Å². The van der Waals surface area contributed by atoms with Crippen LogP contribution in [0.15, 0.2) is 54.6 Å². The van der Waals surface area contributed by atoms with Crippen molar-refractivity contribution in [2.75, 3.05) is 20.3 Å². The van der Waals surface area contributed by atoms with Gasteiger partial charge in [-0.05, 0) is 36.1 Å². The van der Waals surface area contributed by atoms with Gasteiger partial charge in [0, 0.05) is 38.2 Å². The SMILES string of the molecule is CCCC(=O)N(Cc1ccc(Cl)cc1)[C@H](C(=O)NCCCOC)c1ccccc1. The molecule has 29 heavy (non-hydrogen) atoms. The summed E-state index contributed by atoms with van der Waals surface area (Å²) >= 11 is 6.00. The summed E-state index contributed by atoms with van der Waals surface area (Å²) in [6.07, 6.45) is 1.81. The fraction of sp³-hybridized carbons (Fsp3) is 0.391. The molecule has 5 nitrogen and oxygen atoms in total. The minimum Gasteiger partial charge on any atom is -0.385 e. The van der Waals surface area contributed by atoms with Crippen LogP contribution in [-0.2, 0) is 20.9 Å². The van der Waals surface area contributed by atoms with Gasteiger partial charge >= 0.3 is 0 Å². The molecule has 0 fully saturated rings. The predicted molar refractivity (Wildman–Crippen MR) is 116 cm³/mol. The number of ether oxygens (including phenoxy) is 1. The summed E-state index contributed by atoms with van der Waals surface area (Å²) < 4.78 is 5.05. The zero-order chi connectivity index (χ0) is 21.1. The second kappa shape index (κ2) is 12.2. The predicted octanol–water partition coefficient (Wildman–Crippen LogP) is 4.36. The maximum absolute atomic E-state index is 13.1. The summed E-state index contributed by atoms with van der Waals surface area (Å²) in [5.74, 6) is -0.242. The number of carbonyl (C=O) groups is 2. The van der Waals surface area contributed by atoms with Crippen LogP contribution in [-0.4, -0.2) is 37.0 Å². The molecule has 6 heteroatoms. The largest absolute Gasteiger partial charge is 0.385 e. The van der Waals surface area contributed by atoms with Crippen LogP contribution in [0.2, 0.25) is 5.02 Å². The highest BCUT2D eigenvalue weighted by Crippen LogP contribution is 2.25. The van der Waals surface area contributed by atoms with E-state index in [0.717, 1.165) is 11.1 Å². The van der Waals surface area contributed by atoms with Gasteiger partial charge < -0.3 is 15.0 Å². The lowest BCUT2D eigenvalue weighted by Gasteiger charge is -2.31. The van der Waals surface area contributed by atoms with E-state index in [2.05, 4.69) is 5.32 Å². The van der Waals surface area contributed by atoms with Gasteiger partial charge in [0.25, 0.3) is 0 Å². The standard InChI is InChI=1S/C23H29ClN2O3/c1-3-8-21(27)26(17-18-11-13-20(24)14-12-18)22(19-9-5-4-6-10-19)23(28)25-15-7-16-29-2/h4-6,9-14,22H,3,7-8,15-17H2,1-2H3,(H,25,28)/t22-/m0/s1. The van der Waals surface area contributed by atoms with Crippen molar-refractivity contribution in [2.24, 2.45) is 0 Å². The van der Waals surface area contributed by atoms with Gasteiger partial charge in [-0.15, -0.1) is 0 Å². The zero-order valence-corrected chi connectivity index (χ0v) is 17.8. The van der Waals surface area contributed by atoms with Gasteiger partial charge in [0.1, 0.15) is 6.04 Å². The van der Waals surface area contributed by atoms with Crippen LogP contribution in [0.4, 0.5) is 0 Å². The van der Waals surface area contributed by atoms with E-state index in [9.17, 15) is 9.59 Å². The Morgan fingerprint density at radius 1 is 1.10 bits per heavy atom. The Labute approximate surface area is 178 Å². The van der Waals surface area contributed by atoms with Gasteiger partial charge in [0.15, 0.2) is 0 Å². The summed E-state index contributed by atoms with van der Waals surface area (Å²) in [5.41, 5.74) is 1.71. The van der Waals surface area contributed by atoms with Crippen molar-refractivity contribution in [1.29, 1.82) is 0 Å². The van der Waals surface area contributed by atoms with Gasteiger partial charge in [0.05, 0.1) is 0 Å². The Kier molecular flexibility index (Phi) is 9.68. The lowest BCUT2D eigenvalue weighted by Crippen LogP contribution is -2.43. The molecule has 1 N–H and O–H groups in total. The second-order valence-corrected chi connectivity index (χ2v) is 7.29. The first-order valence-corrected chi connectivity index (χ1v) is 10.3. The average molecular weight is 417 g/mol. The molecular formula is C23H29ClN2O3. The van der Waals surface area contributed by atoms with Gasteiger partial charge in [-0.25, -0.2) is 0 Å². The van der Waals surface area contributed by atoms with Crippen LogP contribution >= 0.6 is 11.6 Å². The summed E-state index contributed by atoms with van der Waals surface area (Å²) in [6, 6.07) is 16.1. The molecule has 0 radical (unpaired) electrons. The first kappa shape index (κ1) is 22.9. The van der Waals surface area contributed by atoms with Crippen molar-refractivity contribution in [1.82, 2.24) is 10.2 Å². The molecular weight excluding hydrogens is 388 g/mol. The van der Waals surface area contributed by atoms with Crippen LogP contribution in [0.3, 0.4) is 0 Å². The summed E-state index contributed by atoms with van der Waals surface area (Å²) in [5, 5.41) is 3.59. The average Bonchev–Trinajstić information content (AvgIpc) is 2.73. The third-order valence-electron chi connectivity index (χ3n) is 4.55. The van der Waals surface area contributed by atoms with Crippen molar-refractivity contribution in [3.8, 4) is 0 Å². The maximum atomic E-state index is 13.1. The molecule has 0 heterocycles. The van der Waals surface area contributed by atoms with E-state index in [0.29, 0.717) is 44.0 Å². The van der Waals surface area contributed by atoms with Gasteiger partial charge in [-0.2, -0.15) is 0 Å². The minimum atomic E-state index is -0.700. The van der Waals surface area contributed by atoms with Crippen LogP contribution in [0.25, 0.3) is 0 Å². The van der Waals surface area contributed by atoms with Gasteiger partial charge in [0.2, 0.25) is 11.8 Å². The smallest absolute Gasteiger partial charge is 0.247 e. The lowest BCUT2D eigenvalue weighted by atomic mass is 10.0. The van der Waals surface area contributed by atoms with E-state index < -0.39 is 6.04 Å². The molecule has 0 bridgehead atoms. The van der Waals surface area contributed by atoms with Crippen molar-refractivity contribution in [2.45, 2.75) is 38.8 Å². The van der Waals surface area contributed by atoms with Crippen LogP contribution < -0.4 is 5.32 Å². The molecule has 0 spiro atoms. The minimum absolute atomic E-state index is 0.0525. The van der Waals surface area contributed by atoms with Gasteiger partial charge in [-0.3, -0.25) is 9.59 Å². The Balaban J connectivity index is 2.32. The van der Waals surface area contributed by atoms with Crippen LogP contribution in [0.1, 0.15) is 43.4 Å².